The fourth-order valence-corrected chi connectivity index (χ4v) is 1.45. The molecule has 0 spiro atoms. The van der Waals surface area contributed by atoms with E-state index in [1.807, 2.05) is 0 Å². The minimum absolute atomic E-state index is 0.00912. The van der Waals surface area contributed by atoms with Crippen LogP contribution in [0, 0.1) is 0 Å². The molecule has 0 aliphatic rings. The van der Waals surface area contributed by atoms with Crippen LogP contribution in [-0.4, -0.2) is 29.4 Å². The van der Waals surface area contributed by atoms with Crippen LogP contribution in [0.25, 0.3) is 0 Å². The first-order valence-corrected chi connectivity index (χ1v) is 6.01. The van der Waals surface area contributed by atoms with Gasteiger partial charge in [0.1, 0.15) is 18.8 Å². The van der Waals surface area contributed by atoms with Gasteiger partial charge in [-0.3, -0.25) is 4.79 Å². The van der Waals surface area contributed by atoms with Crippen LogP contribution in [0.3, 0.4) is 0 Å². The average Bonchev–Trinajstić information content (AvgIpc) is 2.41. The third-order valence-corrected chi connectivity index (χ3v) is 2.66. The molecule has 0 saturated heterocycles. The summed E-state index contributed by atoms with van der Waals surface area (Å²) in [6, 6.07) is 7.63. The summed E-state index contributed by atoms with van der Waals surface area (Å²) in [5, 5.41) is 8.79. The number of benzene rings is 1. The maximum absolute atomic E-state index is 12.1. The lowest BCUT2D eigenvalue weighted by atomic mass is 10.1. The molecular weight excluding hydrogens is 275 g/mol. The molecule has 2 unspecified atom stereocenters. The van der Waals surface area contributed by atoms with Crippen molar-refractivity contribution in [3.8, 4) is 0 Å². The number of nitrogens with two attached hydrogens (primary N) is 1. The van der Waals surface area contributed by atoms with Crippen molar-refractivity contribution in [1.29, 1.82) is 0 Å². The van der Waals surface area contributed by atoms with Crippen molar-refractivity contribution < 1.29 is 27.8 Å². The van der Waals surface area contributed by atoms with Crippen LogP contribution >= 0.6 is 0 Å². The normalized spacial score (nSPS) is 14.7. The van der Waals surface area contributed by atoms with Gasteiger partial charge in [-0.05, 0) is 18.4 Å². The molecule has 0 aliphatic carbocycles. The maximum atomic E-state index is 12.1. The second-order valence-electron chi connectivity index (χ2n) is 4.33. The van der Waals surface area contributed by atoms with Gasteiger partial charge in [0.25, 0.3) is 0 Å². The van der Waals surface area contributed by atoms with Crippen LogP contribution < -0.4 is 5.73 Å². The number of aliphatic hydroxyl groups excluding tert-OH is 1. The third-order valence-electron chi connectivity index (χ3n) is 2.66. The molecule has 0 aromatic heterocycles. The zero-order chi connectivity index (χ0) is 15.2. The van der Waals surface area contributed by atoms with Crippen LogP contribution in [0.2, 0.25) is 0 Å². The zero-order valence-electron chi connectivity index (χ0n) is 10.6. The van der Waals surface area contributed by atoms with Crippen molar-refractivity contribution in [2.75, 3.05) is 0 Å². The van der Waals surface area contributed by atoms with Crippen molar-refractivity contribution in [2.45, 2.75) is 37.8 Å². The quantitative estimate of drug-likeness (QED) is 0.783. The first kappa shape index (κ1) is 16.5. The summed E-state index contributed by atoms with van der Waals surface area (Å²) in [6.45, 7) is 0.00912. The Morgan fingerprint density at radius 1 is 1.25 bits per heavy atom. The smallest absolute Gasteiger partial charge is 0.414 e. The minimum atomic E-state index is -4.70. The summed E-state index contributed by atoms with van der Waals surface area (Å²) in [7, 11) is 0. The van der Waals surface area contributed by atoms with Gasteiger partial charge < -0.3 is 15.6 Å². The number of halogens is 3. The first-order valence-electron chi connectivity index (χ1n) is 6.01. The molecule has 0 saturated carbocycles. The maximum Gasteiger partial charge on any atom is 0.414 e. The molecule has 0 amide bonds. The SMILES string of the molecule is NC(CCC(O)C(F)(F)F)C(=O)OCc1ccccc1. The monoisotopic (exact) mass is 291 g/mol. The average molecular weight is 291 g/mol. The molecule has 7 heteroatoms. The predicted molar refractivity (Wildman–Crippen MR) is 65.5 cm³/mol. The van der Waals surface area contributed by atoms with E-state index in [0.717, 1.165) is 5.56 Å². The van der Waals surface area contributed by atoms with E-state index in [-0.39, 0.29) is 13.0 Å². The fourth-order valence-electron chi connectivity index (χ4n) is 1.45. The van der Waals surface area contributed by atoms with E-state index in [9.17, 15) is 18.0 Å². The van der Waals surface area contributed by atoms with Gasteiger partial charge >= 0.3 is 12.1 Å². The molecular formula is C13H16F3NO3. The summed E-state index contributed by atoms with van der Waals surface area (Å²) in [4.78, 5) is 11.5. The topological polar surface area (TPSA) is 72.5 Å². The lowest BCUT2D eigenvalue weighted by molar-refractivity contribution is -0.206. The van der Waals surface area contributed by atoms with E-state index < -0.39 is 30.7 Å². The standard InChI is InChI=1S/C13H16F3NO3/c14-13(15,16)11(18)7-6-10(17)12(19)20-8-9-4-2-1-3-5-9/h1-5,10-11,18H,6-8,17H2. The minimum Gasteiger partial charge on any atom is -0.460 e. The van der Waals surface area contributed by atoms with E-state index in [1.165, 1.54) is 0 Å². The number of hydrogen-bond donors (Lipinski definition) is 2. The Labute approximate surface area is 114 Å². The van der Waals surface area contributed by atoms with Gasteiger partial charge in [-0.15, -0.1) is 0 Å². The Bertz CT molecular complexity index is 423. The summed E-state index contributed by atoms with van der Waals surface area (Å²) in [6.07, 6.45) is -8.11. The summed E-state index contributed by atoms with van der Waals surface area (Å²) < 4.78 is 41.1. The van der Waals surface area contributed by atoms with Crippen molar-refractivity contribution in [3.05, 3.63) is 35.9 Å². The van der Waals surface area contributed by atoms with Gasteiger partial charge in [-0.25, -0.2) is 0 Å². The van der Waals surface area contributed by atoms with Crippen molar-refractivity contribution in [2.24, 2.45) is 5.73 Å². The molecule has 20 heavy (non-hydrogen) atoms. The van der Waals surface area contributed by atoms with Gasteiger partial charge in [0, 0.05) is 0 Å². The number of aliphatic hydroxyl groups is 1. The van der Waals surface area contributed by atoms with Crippen molar-refractivity contribution >= 4 is 5.97 Å². The number of hydrogen-bond acceptors (Lipinski definition) is 4. The van der Waals surface area contributed by atoms with Gasteiger partial charge in [-0.2, -0.15) is 13.2 Å². The van der Waals surface area contributed by atoms with Crippen LogP contribution in [0.5, 0.6) is 0 Å². The number of rotatable bonds is 6. The molecule has 0 fully saturated rings. The van der Waals surface area contributed by atoms with Gasteiger partial charge in [0.05, 0.1) is 0 Å². The highest BCUT2D eigenvalue weighted by molar-refractivity contribution is 5.75. The van der Waals surface area contributed by atoms with Crippen LogP contribution in [-0.2, 0) is 16.1 Å². The summed E-state index contributed by atoms with van der Waals surface area (Å²) in [5.74, 6) is -0.789. The molecule has 1 aromatic carbocycles. The highest BCUT2D eigenvalue weighted by Crippen LogP contribution is 2.23. The second kappa shape index (κ2) is 7.25. The largest absolute Gasteiger partial charge is 0.460 e. The second-order valence-corrected chi connectivity index (χ2v) is 4.33. The first-order chi connectivity index (χ1) is 9.30. The summed E-state index contributed by atoms with van der Waals surface area (Å²) in [5.41, 5.74) is 6.17. The number of carbonyl (C=O) groups excluding carboxylic acids is 1. The van der Waals surface area contributed by atoms with Gasteiger partial charge in [0.15, 0.2) is 0 Å². The lowest BCUT2D eigenvalue weighted by Crippen LogP contribution is -2.36. The Hall–Kier alpha value is -1.60. The van der Waals surface area contributed by atoms with Crippen LogP contribution in [0.4, 0.5) is 13.2 Å². The van der Waals surface area contributed by atoms with Gasteiger partial charge in [-0.1, -0.05) is 30.3 Å². The molecule has 1 aromatic rings. The molecule has 3 N–H and O–H groups in total. The molecule has 1 rings (SSSR count). The van der Waals surface area contributed by atoms with Crippen LogP contribution in [0.15, 0.2) is 30.3 Å². The van der Waals surface area contributed by atoms with Gasteiger partial charge in [0.2, 0.25) is 0 Å². The zero-order valence-corrected chi connectivity index (χ0v) is 10.6. The number of carbonyl (C=O) groups is 1. The Balaban J connectivity index is 2.33. The van der Waals surface area contributed by atoms with E-state index in [4.69, 9.17) is 15.6 Å². The van der Waals surface area contributed by atoms with Crippen molar-refractivity contribution in [1.82, 2.24) is 0 Å². The molecule has 0 bridgehead atoms. The molecule has 0 radical (unpaired) electrons. The number of esters is 1. The van der Waals surface area contributed by atoms with E-state index in [0.29, 0.717) is 0 Å². The highest BCUT2D eigenvalue weighted by atomic mass is 19.4. The molecule has 2 atom stereocenters. The van der Waals surface area contributed by atoms with Crippen LogP contribution in [0.1, 0.15) is 18.4 Å². The van der Waals surface area contributed by atoms with Crippen molar-refractivity contribution in [3.63, 3.8) is 0 Å². The molecule has 4 nitrogen and oxygen atoms in total. The van der Waals surface area contributed by atoms with E-state index >= 15 is 0 Å². The predicted octanol–water partition coefficient (Wildman–Crippen LogP) is 1.76. The number of ether oxygens (including phenoxy) is 1. The highest BCUT2D eigenvalue weighted by Gasteiger charge is 2.38. The molecule has 0 aliphatic heterocycles. The summed E-state index contributed by atoms with van der Waals surface area (Å²) >= 11 is 0. The van der Waals surface area contributed by atoms with E-state index in [2.05, 4.69) is 0 Å². The Morgan fingerprint density at radius 2 is 1.85 bits per heavy atom. The Kier molecular flexibility index (Phi) is 5.97. The van der Waals surface area contributed by atoms with E-state index in [1.54, 1.807) is 30.3 Å². The number of alkyl halides is 3. The lowest BCUT2D eigenvalue weighted by Gasteiger charge is -2.16. The molecule has 112 valence electrons. The fraction of sp³-hybridized carbons (Fsp3) is 0.462. The Morgan fingerprint density at radius 3 is 2.40 bits per heavy atom. The third kappa shape index (κ3) is 5.58. The molecule has 0 heterocycles.